The van der Waals surface area contributed by atoms with Crippen molar-refractivity contribution in [2.45, 2.75) is 76.2 Å². The molecule has 1 aliphatic heterocycles. The highest BCUT2D eigenvalue weighted by atomic mass is 16.7. The predicted molar refractivity (Wildman–Crippen MR) is 71.0 cm³/mol. The fourth-order valence-corrected chi connectivity index (χ4v) is 2.25. The van der Waals surface area contributed by atoms with Crippen molar-refractivity contribution in [3.05, 3.63) is 0 Å². The van der Waals surface area contributed by atoms with E-state index in [0.29, 0.717) is 19.4 Å². The van der Waals surface area contributed by atoms with E-state index in [2.05, 4.69) is 0 Å². The molecule has 0 aliphatic carbocycles. The molecule has 0 amide bonds. The number of unbranched alkanes of at least 4 members (excludes halogenated alkanes) is 2. The van der Waals surface area contributed by atoms with Crippen molar-refractivity contribution in [2.24, 2.45) is 0 Å². The van der Waals surface area contributed by atoms with Crippen LogP contribution in [0, 0.1) is 0 Å². The van der Waals surface area contributed by atoms with Gasteiger partial charge in [0.15, 0.2) is 6.29 Å². The Morgan fingerprint density at radius 3 is 2.71 bits per heavy atom. The summed E-state index contributed by atoms with van der Waals surface area (Å²) in [5.74, 6) is -1.24. The lowest BCUT2D eigenvalue weighted by Crippen LogP contribution is -2.47. The molecule has 0 aromatic rings. The number of aliphatic hydroxyl groups is 3. The molecule has 0 aromatic heterocycles. The Morgan fingerprint density at radius 1 is 1.33 bits per heavy atom. The third-order valence-corrected chi connectivity index (χ3v) is 3.55. The molecule has 7 heteroatoms. The fourth-order valence-electron chi connectivity index (χ4n) is 2.25. The van der Waals surface area contributed by atoms with E-state index in [-0.39, 0.29) is 18.9 Å². The van der Waals surface area contributed by atoms with Gasteiger partial charge in [0.25, 0.3) is 0 Å². The number of rotatable bonds is 9. The van der Waals surface area contributed by atoms with Gasteiger partial charge in [0.1, 0.15) is 6.10 Å². The summed E-state index contributed by atoms with van der Waals surface area (Å²) >= 11 is 0. The third kappa shape index (κ3) is 7.19. The van der Waals surface area contributed by atoms with E-state index >= 15 is 0 Å². The highest BCUT2D eigenvalue weighted by molar-refractivity contribution is 5.64. The van der Waals surface area contributed by atoms with Crippen molar-refractivity contribution in [1.82, 2.24) is 0 Å². The lowest BCUT2D eigenvalue weighted by Gasteiger charge is -2.35. The van der Waals surface area contributed by atoms with Gasteiger partial charge in [-0.25, -0.2) is 0 Å². The first-order chi connectivity index (χ1) is 9.90. The van der Waals surface area contributed by atoms with Gasteiger partial charge in [0, 0.05) is 25.4 Å². The molecule has 0 spiro atoms. The minimum atomic E-state index is -1.24. The normalized spacial score (nSPS) is 31.0. The van der Waals surface area contributed by atoms with Crippen molar-refractivity contribution in [3.63, 3.8) is 0 Å². The number of aliphatic carboxylic acids is 1. The number of hydrogen-bond acceptors (Lipinski definition) is 7. The van der Waals surface area contributed by atoms with Crippen LogP contribution in [0.1, 0.15) is 45.4 Å². The van der Waals surface area contributed by atoms with Crippen LogP contribution >= 0.6 is 0 Å². The Bertz CT molecular complexity index is 310. The number of carboxylic acids is 1. The van der Waals surface area contributed by atoms with Crippen LogP contribution in [-0.4, -0.2) is 58.6 Å². The molecule has 0 bridgehead atoms. The Labute approximate surface area is 124 Å². The summed E-state index contributed by atoms with van der Waals surface area (Å²) in [6.07, 6.45) is -0.925. The number of ether oxygens (including phenoxy) is 2. The molecular formula is C14H25O7-. The molecular weight excluding hydrogens is 280 g/mol. The average molecular weight is 305 g/mol. The van der Waals surface area contributed by atoms with E-state index in [1.807, 2.05) is 0 Å². The van der Waals surface area contributed by atoms with Crippen LogP contribution in [0.3, 0.4) is 0 Å². The molecule has 1 heterocycles. The van der Waals surface area contributed by atoms with Gasteiger partial charge in [-0.05, 0) is 19.8 Å². The second-order valence-electron chi connectivity index (χ2n) is 5.53. The van der Waals surface area contributed by atoms with Crippen LogP contribution < -0.4 is 5.11 Å². The first-order valence-corrected chi connectivity index (χ1v) is 7.41. The smallest absolute Gasteiger partial charge is 0.183 e. The van der Waals surface area contributed by atoms with Crippen molar-refractivity contribution in [3.8, 4) is 0 Å². The summed E-state index contributed by atoms with van der Waals surface area (Å²) in [6, 6.07) is 0. The first-order valence-electron chi connectivity index (χ1n) is 7.41. The standard InChI is InChI=1S/C14H26O7/c1-9-11(16)8-12(17)14(21-9)20-6-4-2-3-5-10(15)7-13(18)19/h9-12,14-17H,2-8H2,1H3,(H,18,19)/p-1/t9-,10+,11+,12+,14+/m0/s1. The molecule has 1 rings (SSSR count). The molecule has 21 heavy (non-hydrogen) atoms. The molecule has 1 aliphatic rings. The van der Waals surface area contributed by atoms with Crippen LogP contribution in [0.25, 0.3) is 0 Å². The number of aliphatic hydroxyl groups excluding tert-OH is 3. The molecule has 3 N–H and O–H groups in total. The Balaban J connectivity index is 2.05. The van der Waals surface area contributed by atoms with Crippen LogP contribution in [0.4, 0.5) is 0 Å². The van der Waals surface area contributed by atoms with E-state index < -0.39 is 30.6 Å². The Hall–Kier alpha value is -0.730. The maximum Gasteiger partial charge on any atom is 0.183 e. The van der Waals surface area contributed by atoms with E-state index in [1.54, 1.807) is 6.92 Å². The molecule has 0 aromatic carbocycles. The van der Waals surface area contributed by atoms with Crippen LogP contribution in [0.5, 0.6) is 0 Å². The molecule has 1 fully saturated rings. The summed E-state index contributed by atoms with van der Waals surface area (Å²) < 4.78 is 10.8. The first kappa shape index (κ1) is 18.3. The number of carbonyl (C=O) groups is 1. The number of carbonyl (C=O) groups excluding carboxylic acids is 1. The van der Waals surface area contributed by atoms with E-state index in [1.165, 1.54) is 0 Å². The van der Waals surface area contributed by atoms with Gasteiger partial charge >= 0.3 is 0 Å². The Kier molecular flexibility index (Phi) is 8.13. The molecule has 0 radical (unpaired) electrons. The number of carboxylic acid groups (broad SMARTS) is 1. The zero-order valence-corrected chi connectivity index (χ0v) is 12.3. The summed E-state index contributed by atoms with van der Waals surface area (Å²) in [6.45, 7) is 2.13. The molecule has 0 saturated carbocycles. The zero-order valence-electron chi connectivity index (χ0n) is 12.3. The maximum absolute atomic E-state index is 10.3. The maximum atomic E-state index is 10.3. The lowest BCUT2D eigenvalue weighted by molar-refractivity contribution is -0.307. The summed E-state index contributed by atoms with van der Waals surface area (Å²) in [5.41, 5.74) is 0. The molecule has 124 valence electrons. The van der Waals surface area contributed by atoms with Crippen molar-refractivity contribution < 1.29 is 34.7 Å². The van der Waals surface area contributed by atoms with Crippen molar-refractivity contribution in [1.29, 1.82) is 0 Å². The van der Waals surface area contributed by atoms with Gasteiger partial charge in [0.05, 0.1) is 18.3 Å². The SMILES string of the molecule is C[C@@H]1O[C@@H](OCCCCC[C@@H](O)CC(=O)[O-])[C@H](O)C[C@H]1O. The zero-order chi connectivity index (χ0) is 15.8. The average Bonchev–Trinajstić information content (AvgIpc) is 2.38. The second kappa shape index (κ2) is 9.32. The highest BCUT2D eigenvalue weighted by Crippen LogP contribution is 2.21. The molecule has 1 saturated heterocycles. The van der Waals surface area contributed by atoms with Crippen molar-refractivity contribution in [2.75, 3.05) is 6.61 Å². The highest BCUT2D eigenvalue weighted by Gasteiger charge is 2.34. The van der Waals surface area contributed by atoms with E-state index in [9.17, 15) is 25.2 Å². The van der Waals surface area contributed by atoms with Gasteiger partial charge in [-0.1, -0.05) is 12.8 Å². The van der Waals surface area contributed by atoms with Crippen LogP contribution in [0.15, 0.2) is 0 Å². The van der Waals surface area contributed by atoms with Crippen LogP contribution in [-0.2, 0) is 14.3 Å². The van der Waals surface area contributed by atoms with Gasteiger partial charge in [-0.15, -0.1) is 0 Å². The minimum absolute atomic E-state index is 0.237. The largest absolute Gasteiger partial charge is 0.550 e. The summed E-state index contributed by atoms with van der Waals surface area (Å²) in [7, 11) is 0. The molecule has 7 nitrogen and oxygen atoms in total. The quantitative estimate of drug-likeness (QED) is 0.464. The summed E-state index contributed by atoms with van der Waals surface area (Å²) in [5, 5.41) is 38.8. The van der Waals surface area contributed by atoms with E-state index in [4.69, 9.17) is 9.47 Å². The monoisotopic (exact) mass is 305 g/mol. The number of hydrogen-bond donors (Lipinski definition) is 3. The fraction of sp³-hybridized carbons (Fsp3) is 0.929. The van der Waals surface area contributed by atoms with Gasteiger partial charge < -0.3 is 34.7 Å². The predicted octanol–water partition coefficient (Wildman–Crippen LogP) is -1.08. The van der Waals surface area contributed by atoms with Crippen molar-refractivity contribution >= 4 is 5.97 Å². The van der Waals surface area contributed by atoms with E-state index in [0.717, 1.165) is 12.8 Å². The van der Waals surface area contributed by atoms with Gasteiger partial charge in [0.2, 0.25) is 0 Å². The topological polar surface area (TPSA) is 119 Å². The third-order valence-electron chi connectivity index (χ3n) is 3.55. The molecule has 0 unspecified atom stereocenters. The van der Waals surface area contributed by atoms with Crippen LogP contribution in [0.2, 0.25) is 0 Å². The van der Waals surface area contributed by atoms with Gasteiger partial charge in [-0.3, -0.25) is 0 Å². The molecule has 5 atom stereocenters. The van der Waals surface area contributed by atoms with Gasteiger partial charge in [-0.2, -0.15) is 0 Å². The lowest BCUT2D eigenvalue weighted by atomic mass is 10.0. The summed E-state index contributed by atoms with van der Waals surface area (Å²) in [4.78, 5) is 10.3. The minimum Gasteiger partial charge on any atom is -0.550 e. The second-order valence-corrected chi connectivity index (χ2v) is 5.53. The Morgan fingerprint density at radius 2 is 2.05 bits per heavy atom.